The molecule has 1 heterocycles. The number of nitrogens with zero attached hydrogens (tertiary/aromatic N) is 1. The predicted molar refractivity (Wildman–Crippen MR) is 76.0 cm³/mol. The van der Waals surface area contributed by atoms with Crippen molar-refractivity contribution in [1.82, 2.24) is 4.98 Å². The fraction of sp³-hybridized carbons (Fsp3) is 0.143. The van der Waals surface area contributed by atoms with E-state index in [9.17, 15) is 4.79 Å². The number of aromatic nitrogens is 1. The molecule has 0 aliphatic carbocycles. The SMILES string of the molecule is Cc1ccc(C(N)C(=O)Nc2ccnc(Cl)c2)cc1. The monoisotopic (exact) mass is 275 g/mol. The molecule has 2 rings (SSSR count). The highest BCUT2D eigenvalue weighted by molar-refractivity contribution is 6.29. The minimum atomic E-state index is -0.715. The van der Waals surface area contributed by atoms with Crippen molar-refractivity contribution in [2.45, 2.75) is 13.0 Å². The first-order valence-electron chi connectivity index (χ1n) is 5.81. The van der Waals surface area contributed by atoms with Gasteiger partial charge in [-0.2, -0.15) is 0 Å². The Hall–Kier alpha value is -1.91. The van der Waals surface area contributed by atoms with Crippen molar-refractivity contribution in [2.75, 3.05) is 5.32 Å². The van der Waals surface area contributed by atoms with Crippen LogP contribution in [0.1, 0.15) is 17.2 Å². The lowest BCUT2D eigenvalue weighted by Crippen LogP contribution is -2.27. The number of halogens is 1. The minimum Gasteiger partial charge on any atom is -0.324 e. The van der Waals surface area contributed by atoms with E-state index in [1.54, 1.807) is 12.1 Å². The third-order valence-electron chi connectivity index (χ3n) is 2.71. The first-order valence-corrected chi connectivity index (χ1v) is 6.18. The predicted octanol–water partition coefficient (Wildman–Crippen LogP) is 2.68. The van der Waals surface area contributed by atoms with E-state index < -0.39 is 6.04 Å². The van der Waals surface area contributed by atoms with Gasteiger partial charge < -0.3 is 11.1 Å². The summed E-state index contributed by atoms with van der Waals surface area (Å²) in [4.78, 5) is 15.9. The van der Waals surface area contributed by atoms with Gasteiger partial charge in [-0.25, -0.2) is 4.98 Å². The zero-order valence-electron chi connectivity index (χ0n) is 10.4. The lowest BCUT2D eigenvalue weighted by atomic mass is 10.1. The van der Waals surface area contributed by atoms with Crippen LogP contribution in [0.5, 0.6) is 0 Å². The number of pyridine rings is 1. The van der Waals surface area contributed by atoms with E-state index >= 15 is 0 Å². The van der Waals surface area contributed by atoms with Crippen molar-refractivity contribution in [3.63, 3.8) is 0 Å². The molecule has 0 radical (unpaired) electrons. The number of amides is 1. The molecule has 0 aliphatic rings. The topological polar surface area (TPSA) is 68.0 Å². The molecular formula is C14H14ClN3O. The number of hydrogen-bond donors (Lipinski definition) is 2. The third-order valence-corrected chi connectivity index (χ3v) is 2.92. The van der Waals surface area contributed by atoms with Crippen molar-refractivity contribution in [3.05, 3.63) is 58.9 Å². The van der Waals surface area contributed by atoms with Gasteiger partial charge in [-0.1, -0.05) is 41.4 Å². The number of rotatable bonds is 3. The zero-order valence-corrected chi connectivity index (χ0v) is 11.2. The summed E-state index contributed by atoms with van der Waals surface area (Å²) in [5.41, 5.74) is 8.38. The van der Waals surface area contributed by atoms with Crippen molar-refractivity contribution in [2.24, 2.45) is 5.73 Å². The van der Waals surface area contributed by atoms with E-state index in [1.807, 2.05) is 31.2 Å². The van der Waals surface area contributed by atoms with Crippen molar-refractivity contribution < 1.29 is 4.79 Å². The molecule has 2 aromatic rings. The average molecular weight is 276 g/mol. The molecule has 0 saturated heterocycles. The number of carbonyl (C=O) groups excluding carboxylic acids is 1. The summed E-state index contributed by atoms with van der Waals surface area (Å²) in [6.45, 7) is 1.98. The van der Waals surface area contributed by atoms with Gasteiger partial charge in [0.15, 0.2) is 0 Å². The van der Waals surface area contributed by atoms with Crippen LogP contribution in [0.3, 0.4) is 0 Å². The van der Waals surface area contributed by atoms with Crippen LogP contribution < -0.4 is 11.1 Å². The van der Waals surface area contributed by atoms with Gasteiger partial charge in [0.05, 0.1) is 0 Å². The largest absolute Gasteiger partial charge is 0.324 e. The molecule has 0 bridgehead atoms. The highest BCUT2D eigenvalue weighted by Gasteiger charge is 2.15. The van der Waals surface area contributed by atoms with E-state index in [0.717, 1.165) is 11.1 Å². The average Bonchev–Trinajstić information content (AvgIpc) is 2.39. The summed E-state index contributed by atoms with van der Waals surface area (Å²) in [6.07, 6.45) is 1.52. The number of carbonyl (C=O) groups is 1. The quantitative estimate of drug-likeness (QED) is 0.846. The molecule has 1 aromatic carbocycles. The molecule has 0 aliphatic heterocycles. The lowest BCUT2D eigenvalue weighted by molar-refractivity contribution is -0.117. The molecule has 1 unspecified atom stereocenters. The number of nitrogens with one attached hydrogen (secondary N) is 1. The Balaban J connectivity index is 2.09. The molecule has 3 N–H and O–H groups in total. The first-order chi connectivity index (χ1) is 9.06. The molecule has 0 saturated carbocycles. The summed E-state index contributed by atoms with van der Waals surface area (Å²) in [5, 5.41) is 3.03. The normalized spacial score (nSPS) is 11.9. The van der Waals surface area contributed by atoms with Crippen LogP contribution in [-0.4, -0.2) is 10.9 Å². The second-order valence-electron chi connectivity index (χ2n) is 4.24. The number of benzene rings is 1. The van der Waals surface area contributed by atoms with Crippen LogP contribution in [0.2, 0.25) is 5.15 Å². The summed E-state index contributed by atoms with van der Waals surface area (Å²) >= 11 is 5.75. The van der Waals surface area contributed by atoms with Crippen LogP contribution in [0.15, 0.2) is 42.6 Å². The Labute approximate surface area is 116 Å². The fourth-order valence-corrected chi connectivity index (χ4v) is 1.80. The third kappa shape index (κ3) is 3.53. The number of hydrogen-bond acceptors (Lipinski definition) is 3. The van der Waals surface area contributed by atoms with Crippen molar-refractivity contribution >= 4 is 23.2 Å². The molecule has 1 amide bonds. The number of anilines is 1. The van der Waals surface area contributed by atoms with Gasteiger partial charge in [-0.3, -0.25) is 4.79 Å². The van der Waals surface area contributed by atoms with Gasteiger partial charge in [0.25, 0.3) is 0 Å². The lowest BCUT2D eigenvalue weighted by Gasteiger charge is -2.12. The molecule has 5 heteroatoms. The maximum atomic E-state index is 12.0. The summed E-state index contributed by atoms with van der Waals surface area (Å²) in [6, 6.07) is 10.1. The molecule has 0 fully saturated rings. The van der Waals surface area contributed by atoms with E-state index in [-0.39, 0.29) is 5.91 Å². The maximum absolute atomic E-state index is 12.0. The Morgan fingerprint density at radius 2 is 2.00 bits per heavy atom. The van der Waals surface area contributed by atoms with Gasteiger partial charge in [-0.05, 0) is 24.6 Å². The van der Waals surface area contributed by atoms with Gasteiger partial charge in [0.1, 0.15) is 11.2 Å². The van der Waals surface area contributed by atoms with Crippen LogP contribution in [-0.2, 0) is 4.79 Å². The van der Waals surface area contributed by atoms with E-state index in [1.165, 1.54) is 6.20 Å². The summed E-state index contributed by atoms with van der Waals surface area (Å²) in [7, 11) is 0. The van der Waals surface area contributed by atoms with Crippen molar-refractivity contribution in [3.8, 4) is 0 Å². The van der Waals surface area contributed by atoms with Gasteiger partial charge in [-0.15, -0.1) is 0 Å². The van der Waals surface area contributed by atoms with E-state index in [2.05, 4.69) is 10.3 Å². The number of aryl methyl sites for hydroxylation is 1. The smallest absolute Gasteiger partial charge is 0.245 e. The van der Waals surface area contributed by atoms with Gasteiger partial charge in [0, 0.05) is 11.9 Å². The van der Waals surface area contributed by atoms with E-state index in [0.29, 0.717) is 10.8 Å². The standard InChI is InChI=1S/C14H14ClN3O/c1-9-2-4-10(5-3-9)13(16)14(19)18-11-6-7-17-12(15)8-11/h2-8,13H,16H2,1H3,(H,17,18,19). The highest BCUT2D eigenvalue weighted by atomic mass is 35.5. The maximum Gasteiger partial charge on any atom is 0.245 e. The molecule has 98 valence electrons. The van der Waals surface area contributed by atoms with Crippen molar-refractivity contribution in [1.29, 1.82) is 0 Å². The Bertz CT molecular complexity index is 583. The van der Waals surface area contributed by atoms with Crippen LogP contribution >= 0.6 is 11.6 Å². The molecule has 1 aromatic heterocycles. The summed E-state index contributed by atoms with van der Waals surface area (Å²) in [5.74, 6) is -0.286. The highest BCUT2D eigenvalue weighted by Crippen LogP contribution is 2.16. The van der Waals surface area contributed by atoms with E-state index in [4.69, 9.17) is 17.3 Å². The van der Waals surface area contributed by atoms with Gasteiger partial charge in [0.2, 0.25) is 5.91 Å². The zero-order chi connectivity index (χ0) is 13.8. The Morgan fingerprint density at radius 1 is 1.32 bits per heavy atom. The Morgan fingerprint density at radius 3 is 2.63 bits per heavy atom. The molecule has 1 atom stereocenters. The molecule has 19 heavy (non-hydrogen) atoms. The number of nitrogens with two attached hydrogens (primary N) is 1. The fourth-order valence-electron chi connectivity index (χ4n) is 1.63. The first kappa shape index (κ1) is 13.5. The summed E-state index contributed by atoms with van der Waals surface area (Å²) < 4.78 is 0. The minimum absolute atomic E-state index is 0.286. The van der Waals surface area contributed by atoms with Crippen LogP contribution in [0, 0.1) is 6.92 Å². The van der Waals surface area contributed by atoms with Crippen LogP contribution in [0.4, 0.5) is 5.69 Å². The van der Waals surface area contributed by atoms with Gasteiger partial charge >= 0.3 is 0 Å². The molecular weight excluding hydrogens is 262 g/mol. The second kappa shape index (κ2) is 5.82. The molecule has 0 spiro atoms. The second-order valence-corrected chi connectivity index (χ2v) is 4.63. The Kier molecular flexibility index (Phi) is 4.14. The van der Waals surface area contributed by atoms with Crippen LogP contribution in [0.25, 0.3) is 0 Å². The molecule has 4 nitrogen and oxygen atoms in total.